The highest BCUT2D eigenvalue weighted by Gasteiger charge is 2.29. The highest BCUT2D eigenvalue weighted by molar-refractivity contribution is 7.80. The first-order valence-corrected chi connectivity index (χ1v) is 7.72. The van der Waals surface area contributed by atoms with Crippen molar-refractivity contribution >= 4 is 23.2 Å². The van der Waals surface area contributed by atoms with Crippen LogP contribution in [0, 0.1) is 17.3 Å². The van der Waals surface area contributed by atoms with Crippen LogP contribution >= 0.6 is 12.2 Å². The van der Waals surface area contributed by atoms with E-state index >= 15 is 0 Å². The van der Waals surface area contributed by atoms with E-state index < -0.39 is 0 Å². The molecule has 110 valence electrons. The van der Waals surface area contributed by atoms with Gasteiger partial charge in [-0.05, 0) is 49.2 Å². The molecule has 0 aliphatic heterocycles. The molecule has 0 aromatic carbocycles. The molecule has 2 N–H and O–H groups in total. The monoisotopic (exact) mass is 284 g/mol. The Labute approximate surface area is 122 Å². The Morgan fingerprint density at radius 1 is 1.16 bits per heavy atom. The Kier molecular flexibility index (Phi) is 5.78. The molecule has 1 fully saturated rings. The molecule has 0 bridgehead atoms. The number of carbonyl (C=O) groups excluding carboxylic acids is 1. The van der Waals surface area contributed by atoms with Gasteiger partial charge in [-0.25, -0.2) is 0 Å². The molecule has 1 aliphatic rings. The number of hydrogen-bond donors (Lipinski definition) is 2. The fourth-order valence-electron chi connectivity index (χ4n) is 2.58. The lowest BCUT2D eigenvalue weighted by atomic mass is 9.71. The maximum Gasteiger partial charge on any atom is 0.228 e. The Balaban J connectivity index is 2.33. The molecule has 1 aliphatic carbocycles. The molecule has 0 aromatic heterocycles. The Hall–Kier alpha value is -0.640. The summed E-state index contributed by atoms with van der Waals surface area (Å²) < 4.78 is 0. The summed E-state index contributed by atoms with van der Waals surface area (Å²) >= 11 is 5.19. The molecular weight excluding hydrogens is 256 g/mol. The average Bonchev–Trinajstić information content (AvgIpc) is 2.28. The minimum absolute atomic E-state index is 0.0131. The molecule has 4 heteroatoms. The molecule has 1 amide bonds. The number of rotatable bonds is 2. The molecule has 0 spiro atoms. The zero-order chi connectivity index (χ0) is 14.6. The van der Waals surface area contributed by atoms with E-state index in [0.29, 0.717) is 16.6 Å². The van der Waals surface area contributed by atoms with Gasteiger partial charge in [-0.15, -0.1) is 0 Å². The summed E-state index contributed by atoms with van der Waals surface area (Å²) in [6.07, 6.45) is 4.75. The van der Waals surface area contributed by atoms with Crippen molar-refractivity contribution < 1.29 is 4.79 Å². The van der Waals surface area contributed by atoms with Crippen LogP contribution in [0.15, 0.2) is 0 Å². The van der Waals surface area contributed by atoms with E-state index in [4.69, 9.17) is 12.2 Å². The van der Waals surface area contributed by atoms with Crippen molar-refractivity contribution in [1.82, 2.24) is 10.6 Å². The van der Waals surface area contributed by atoms with Crippen molar-refractivity contribution in [3.63, 3.8) is 0 Å². The number of nitrogens with one attached hydrogen (secondary N) is 2. The first-order chi connectivity index (χ1) is 8.70. The predicted molar refractivity (Wildman–Crippen MR) is 83.9 cm³/mol. The summed E-state index contributed by atoms with van der Waals surface area (Å²) in [4.78, 5) is 11.5. The van der Waals surface area contributed by atoms with Crippen molar-refractivity contribution in [2.45, 2.75) is 66.3 Å². The van der Waals surface area contributed by atoms with Crippen molar-refractivity contribution in [3.8, 4) is 0 Å². The van der Waals surface area contributed by atoms with Crippen LogP contribution in [0.5, 0.6) is 0 Å². The topological polar surface area (TPSA) is 41.1 Å². The largest absolute Gasteiger partial charge is 0.360 e. The van der Waals surface area contributed by atoms with Crippen molar-refractivity contribution in [2.75, 3.05) is 0 Å². The van der Waals surface area contributed by atoms with Crippen molar-refractivity contribution in [1.29, 1.82) is 0 Å². The van der Waals surface area contributed by atoms with Crippen LogP contribution in [-0.2, 0) is 4.79 Å². The first kappa shape index (κ1) is 16.4. The van der Waals surface area contributed by atoms with E-state index in [0.717, 1.165) is 18.8 Å². The highest BCUT2D eigenvalue weighted by Crippen LogP contribution is 2.37. The molecule has 0 aromatic rings. The Morgan fingerprint density at radius 3 is 2.11 bits per heavy atom. The third-order valence-corrected chi connectivity index (χ3v) is 4.27. The lowest BCUT2D eigenvalue weighted by Crippen LogP contribution is -2.47. The predicted octanol–water partition coefficient (Wildman–Crippen LogP) is 3.24. The van der Waals surface area contributed by atoms with E-state index in [1.54, 1.807) is 0 Å². The Bertz CT molecular complexity index is 326. The van der Waals surface area contributed by atoms with Gasteiger partial charge in [0.1, 0.15) is 0 Å². The lowest BCUT2D eigenvalue weighted by molar-refractivity contribution is -0.122. The molecule has 1 rings (SSSR count). The van der Waals surface area contributed by atoms with E-state index in [1.807, 2.05) is 13.8 Å². The van der Waals surface area contributed by atoms with Gasteiger partial charge in [0.2, 0.25) is 5.91 Å². The summed E-state index contributed by atoms with van der Waals surface area (Å²) in [5.74, 6) is 0.752. The van der Waals surface area contributed by atoms with Crippen LogP contribution in [0.25, 0.3) is 0 Å². The number of thiocarbonyl (C=S) groups is 1. The third kappa shape index (κ3) is 5.47. The summed E-state index contributed by atoms with van der Waals surface area (Å²) in [5.41, 5.74) is 0.400. The quantitative estimate of drug-likeness (QED) is 0.765. The maximum absolute atomic E-state index is 11.5. The van der Waals surface area contributed by atoms with Crippen LogP contribution in [0.3, 0.4) is 0 Å². The van der Waals surface area contributed by atoms with Crippen molar-refractivity contribution in [3.05, 3.63) is 0 Å². The second kappa shape index (κ2) is 6.69. The smallest absolute Gasteiger partial charge is 0.228 e. The normalized spacial score (nSPS) is 24.1. The Morgan fingerprint density at radius 2 is 1.68 bits per heavy atom. The van der Waals surface area contributed by atoms with Gasteiger partial charge >= 0.3 is 0 Å². The number of amides is 1. The molecule has 0 saturated heterocycles. The fraction of sp³-hybridized carbons (Fsp3) is 0.867. The third-order valence-electron chi connectivity index (χ3n) is 4.05. The van der Waals surface area contributed by atoms with E-state index in [9.17, 15) is 4.79 Å². The fourth-order valence-corrected chi connectivity index (χ4v) is 2.85. The second-order valence-electron chi connectivity index (χ2n) is 7.03. The highest BCUT2D eigenvalue weighted by atomic mass is 32.1. The van der Waals surface area contributed by atoms with Gasteiger partial charge in [0.25, 0.3) is 0 Å². The van der Waals surface area contributed by atoms with Crippen LogP contribution in [0.4, 0.5) is 0 Å². The maximum atomic E-state index is 11.5. The SMILES string of the molecule is CC(C)C(=O)NC(=S)NC1CCC(C(C)(C)C)CC1. The molecule has 0 heterocycles. The second-order valence-corrected chi connectivity index (χ2v) is 7.44. The van der Waals surface area contributed by atoms with E-state index in [-0.39, 0.29) is 11.8 Å². The van der Waals surface area contributed by atoms with Crippen LogP contribution in [-0.4, -0.2) is 17.1 Å². The van der Waals surface area contributed by atoms with Gasteiger partial charge < -0.3 is 10.6 Å². The van der Waals surface area contributed by atoms with Crippen LogP contribution < -0.4 is 10.6 Å². The minimum Gasteiger partial charge on any atom is -0.360 e. The lowest BCUT2D eigenvalue weighted by Gasteiger charge is -2.37. The summed E-state index contributed by atoms with van der Waals surface area (Å²) in [7, 11) is 0. The van der Waals surface area contributed by atoms with Crippen molar-refractivity contribution in [2.24, 2.45) is 17.3 Å². The van der Waals surface area contributed by atoms with Crippen LogP contribution in [0.2, 0.25) is 0 Å². The summed E-state index contributed by atoms with van der Waals surface area (Å²) in [5, 5.41) is 6.51. The van der Waals surface area contributed by atoms with Crippen LogP contribution in [0.1, 0.15) is 60.3 Å². The minimum atomic E-state index is -0.0311. The van der Waals surface area contributed by atoms with Gasteiger partial charge in [-0.2, -0.15) is 0 Å². The molecular formula is C15H28N2OS. The number of carbonyl (C=O) groups is 1. The van der Waals surface area contributed by atoms with Gasteiger partial charge in [0.15, 0.2) is 5.11 Å². The van der Waals surface area contributed by atoms with Gasteiger partial charge in [-0.1, -0.05) is 34.6 Å². The molecule has 19 heavy (non-hydrogen) atoms. The summed E-state index contributed by atoms with van der Waals surface area (Å²) in [6.45, 7) is 10.7. The molecule has 0 radical (unpaired) electrons. The van der Waals surface area contributed by atoms with Gasteiger partial charge in [0.05, 0.1) is 0 Å². The summed E-state index contributed by atoms with van der Waals surface area (Å²) in [6, 6.07) is 0.415. The molecule has 3 nitrogen and oxygen atoms in total. The van der Waals surface area contributed by atoms with E-state index in [2.05, 4.69) is 31.4 Å². The standard InChI is InChI=1S/C15H28N2OS/c1-10(2)13(18)17-14(19)16-12-8-6-11(7-9-12)15(3,4)5/h10-12H,6-9H2,1-5H3,(H2,16,17,18,19). The molecule has 0 unspecified atom stereocenters. The van der Waals surface area contributed by atoms with Gasteiger partial charge in [-0.3, -0.25) is 4.79 Å². The zero-order valence-electron chi connectivity index (χ0n) is 12.9. The average molecular weight is 284 g/mol. The first-order valence-electron chi connectivity index (χ1n) is 7.31. The number of hydrogen-bond acceptors (Lipinski definition) is 2. The van der Waals surface area contributed by atoms with E-state index in [1.165, 1.54) is 12.8 Å². The van der Waals surface area contributed by atoms with Gasteiger partial charge in [0, 0.05) is 12.0 Å². The molecule has 0 atom stereocenters. The zero-order valence-corrected chi connectivity index (χ0v) is 13.7. The molecule has 1 saturated carbocycles.